The first-order chi connectivity index (χ1) is 18.3. The quantitative estimate of drug-likeness (QED) is 0.200. The first kappa shape index (κ1) is 26.9. The normalized spacial score (nSPS) is 22.5. The van der Waals surface area contributed by atoms with Gasteiger partial charge in [0.2, 0.25) is 5.91 Å². The number of hydrogen-bond acceptors (Lipinski definition) is 3. The second-order valence-electron chi connectivity index (χ2n) is 10.4. The van der Waals surface area contributed by atoms with Gasteiger partial charge in [-0.05, 0) is 73.2 Å². The third-order valence-electron chi connectivity index (χ3n) is 7.81. The summed E-state index contributed by atoms with van der Waals surface area (Å²) in [6.07, 6.45) is 4.91. The van der Waals surface area contributed by atoms with E-state index in [1.807, 2.05) is 48.5 Å². The van der Waals surface area contributed by atoms with Crippen LogP contribution in [0.4, 0.5) is 0 Å². The fourth-order valence-corrected chi connectivity index (χ4v) is 7.37. The Hall–Kier alpha value is -2.66. The summed E-state index contributed by atoms with van der Waals surface area (Å²) >= 11 is 14.5. The molecule has 38 heavy (non-hydrogen) atoms. The number of hydrogen-bond donors (Lipinski definition) is 0. The molecule has 6 heteroatoms. The van der Waals surface area contributed by atoms with Gasteiger partial charge in [-0.15, -0.1) is 17.9 Å². The molecule has 3 aromatic carbocycles. The van der Waals surface area contributed by atoms with E-state index >= 15 is 0 Å². The van der Waals surface area contributed by atoms with Crippen molar-refractivity contribution in [2.45, 2.75) is 57.5 Å². The lowest BCUT2D eigenvalue weighted by Crippen LogP contribution is -2.53. The number of benzene rings is 3. The molecule has 0 aliphatic carbocycles. The fraction of sp³-hybridized carbons (Fsp3) is 0.312. The standard InChI is InChI=1S/C32H32Cl2N2OS/c1-4-6-18-32(3)20-25(22-10-9-11-24(34)19-22)29(21-14-16-23(33)17-15-21)36(31(32)37)27(5-2)30-35-26-12-7-8-13-28(26)38-30/h4,7-17,19,25,27,29H,1,5-6,18,20H2,2-3H3/t25-,27+,29-,32+/m1/s1. The molecule has 0 spiro atoms. The van der Waals surface area contributed by atoms with E-state index in [4.69, 9.17) is 28.2 Å². The number of allylic oxidation sites excluding steroid dienone is 1. The van der Waals surface area contributed by atoms with Gasteiger partial charge in [-0.1, -0.05) is 79.5 Å². The van der Waals surface area contributed by atoms with Gasteiger partial charge >= 0.3 is 0 Å². The molecule has 1 aromatic heterocycles. The third kappa shape index (κ3) is 5.14. The number of carbonyl (C=O) groups excluding carboxylic acids is 1. The molecule has 0 saturated carbocycles. The molecule has 1 aliphatic rings. The summed E-state index contributed by atoms with van der Waals surface area (Å²) < 4.78 is 1.13. The summed E-state index contributed by atoms with van der Waals surface area (Å²) in [4.78, 5) is 21.8. The molecule has 1 aliphatic heterocycles. The van der Waals surface area contributed by atoms with E-state index in [9.17, 15) is 4.79 Å². The summed E-state index contributed by atoms with van der Waals surface area (Å²) in [7, 11) is 0. The van der Waals surface area contributed by atoms with Crippen molar-refractivity contribution in [3.63, 3.8) is 0 Å². The number of rotatable bonds is 8. The molecule has 0 bridgehead atoms. The Morgan fingerprint density at radius 1 is 1.08 bits per heavy atom. The van der Waals surface area contributed by atoms with E-state index in [1.54, 1.807) is 11.3 Å². The van der Waals surface area contributed by atoms with E-state index in [1.165, 1.54) is 0 Å². The number of piperidine rings is 1. The number of carbonyl (C=O) groups is 1. The van der Waals surface area contributed by atoms with Crippen LogP contribution in [0.1, 0.15) is 73.7 Å². The van der Waals surface area contributed by atoms with Crippen LogP contribution in [-0.2, 0) is 4.79 Å². The highest BCUT2D eigenvalue weighted by molar-refractivity contribution is 7.18. The molecule has 3 nitrogen and oxygen atoms in total. The molecule has 1 amide bonds. The Morgan fingerprint density at radius 3 is 2.53 bits per heavy atom. The number of aromatic nitrogens is 1. The van der Waals surface area contributed by atoms with Gasteiger partial charge in [0.15, 0.2) is 0 Å². The maximum absolute atomic E-state index is 14.7. The molecule has 196 valence electrons. The summed E-state index contributed by atoms with van der Waals surface area (Å²) in [6, 6.07) is 23.9. The first-order valence-electron chi connectivity index (χ1n) is 13.1. The van der Waals surface area contributed by atoms with Crippen molar-refractivity contribution in [1.82, 2.24) is 9.88 Å². The van der Waals surface area contributed by atoms with Crippen molar-refractivity contribution in [1.29, 1.82) is 0 Å². The molecule has 4 aromatic rings. The number of likely N-dealkylation sites (tertiary alicyclic amines) is 1. The third-order valence-corrected chi connectivity index (χ3v) is 9.43. The Bertz CT molecular complexity index is 1420. The zero-order chi connectivity index (χ0) is 26.9. The second kappa shape index (κ2) is 11.2. The van der Waals surface area contributed by atoms with E-state index in [-0.39, 0.29) is 23.9 Å². The predicted octanol–water partition coefficient (Wildman–Crippen LogP) is 9.78. The Morgan fingerprint density at radius 2 is 1.84 bits per heavy atom. The summed E-state index contributed by atoms with van der Waals surface area (Å²) in [5, 5.41) is 2.35. The highest BCUT2D eigenvalue weighted by Crippen LogP contribution is 2.54. The Balaban J connectivity index is 1.71. The highest BCUT2D eigenvalue weighted by atomic mass is 35.5. The van der Waals surface area contributed by atoms with Crippen LogP contribution in [0.5, 0.6) is 0 Å². The minimum absolute atomic E-state index is 0.0471. The van der Waals surface area contributed by atoms with Crippen molar-refractivity contribution in [3.8, 4) is 0 Å². The van der Waals surface area contributed by atoms with Crippen molar-refractivity contribution in [2.75, 3.05) is 0 Å². The lowest BCUT2D eigenvalue weighted by molar-refractivity contribution is -0.155. The van der Waals surface area contributed by atoms with Crippen molar-refractivity contribution >= 4 is 50.7 Å². The van der Waals surface area contributed by atoms with Crippen LogP contribution in [0.15, 0.2) is 85.5 Å². The second-order valence-corrected chi connectivity index (χ2v) is 12.3. The highest BCUT2D eigenvalue weighted by Gasteiger charge is 2.51. The van der Waals surface area contributed by atoms with Gasteiger partial charge in [-0.3, -0.25) is 4.79 Å². The number of amides is 1. The van der Waals surface area contributed by atoms with Gasteiger partial charge in [0.25, 0.3) is 0 Å². The summed E-state index contributed by atoms with van der Waals surface area (Å²) in [5.74, 6) is 0.217. The van der Waals surface area contributed by atoms with Crippen LogP contribution < -0.4 is 0 Å². The van der Waals surface area contributed by atoms with Gasteiger partial charge < -0.3 is 4.90 Å². The molecule has 0 unspecified atom stereocenters. The lowest BCUT2D eigenvalue weighted by Gasteiger charge is -2.52. The van der Waals surface area contributed by atoms with Crippen molar-refractivity contribution in [2.24, 2.45) is 5.41 Å². The Labute approximate surface area is 239 Å². The van der Waals surface area contributed by atoms with E-state index in [0.29, 0.717) is 10.0 Å². The van der Waals surface area contributed by atoms with E-state index in [0.717, 1.165) is 52.0 Å². The minimum Gasteiger partial charge on any atom is -0.325 e. The van der Waals surface area contributed by atoms with Gasteiger partial charge in [0.1, 0.15) is 5.01 Å². The largest absolute Gasteiger partial charge is 0.325 e. The average molecular weight is 564 g/mol. The maximum Gasteiger partial charge on any atom is 0.229 e. The van der Waals surface area contributed by atoms with E-state index in [2.05, 4.69) is 55.7 Å². The SMILES string of the molecule is C=CCC[C@@]1(C)C[C@H](c2cccc(Cl)c2)[C@@H](c2ccc(Cl)cc2)N([C@@H](CC)c2nc3ccccc3s2)C1=O. The zero-order valence-corrected chi connectivity index (χ0v) is 24.1. The molecule has 2 heterocycles. The fourth-order valence-electron chi connectivity index (χ4n) is 5.89. The summed E-state index contributed by atoms with van der Waals surface area (Å²) in [5.41, 5.74) is 2.63. The average Bonchev–Trinajstić information content (AvgIpc) is 3.35. The van der Waals surface area contributed by atoms with Gasteiger partial charge in [0, 0.05) is 21.4 Å². The zero-order valence-electron chi connectivity index (χ0n) is 21.7. The molecule has 5 rings (SSSR count). The lowest BCUT2D eigenvalue weighted by atomic mass is 9.66. The van der Waals surface area contributed by atoms with Crippen LogP contribution in [0, 0.1) is 5.41 Å². The predicted molar refractivity (Wildman–Crippen MR) is 160 cm³/mol. The topological polar surface area (TPSA) is 33.2 Å². The molecular formula is C32H32Cl2N2OS. The van der Waals surface area contributed by atoms with Crippen LogP contribution in [0.3, 0.4) is 0 Å². The van der Waals surface area contributed by atoms with Crippen molar-refractivity contribution < 1.29 is 4.79 Å². The first-order valence-corrected chi connectivity index (χ1v) is 14.7. The van der Waals surface area contributed by atoms with Crippen LogP contribution in [0.25, 0.3) is 10.2 Å². The Kier molecular flexibility index (Phi) is 7.95. The minimum atomic E-state index is -0.547. The van der Waals surface area contributed by atoms with E-state index < -0.39 is 5.41 Å². The number of para-hydroxylation sites is 1. The maximum atomic E-state index is 14.7. The molecule has 4 atom stereocenters. The molecule has 0 N–H and O–H groups in total. The smallest absolute Gasteiger partial charge is 0.229 e. The van der Waals surface area contributed by atoms with Crippen LogP contribution in [-0.4, -0.2) is 15.8 Å². The molecule has 0 radical (unpaired) electrons. The number of fused-ring (bicyclic) bond motifs is 1. The van der Waals surface area contributed by atoms with Crippen LogP contribution in [0.2, 0.25) is 10.0 Å². The van der Waals surface area contributed by atoms with Gasteiger partial charge in [0.05, 0.1) is 22.3 Å². The number of halogens is 2. The van der Waals surface area contributed by atoms with Gasteiger partial charge in [-0.2, -0.15) is 0 Å². The van der Waals surface area contributed by atoms with Crippen molar-refractivity contribution in [3.05, 3.63) is 112 Å². The molecule has 1 saturated heterocycles. The molecule has 1 fully saturated rings. The monoisotopic (exact) mass is 562 g/mol. The van der Waals surface area contributed by atoms with Crippen LogP contribution >= 0.6 is 34.5 Å². The number of thiazole rings is 1. The number of nitrogens with zero attached hydrogens (tertiary/aromatic N) is 2. The summed E-state index contributed by atoms with van der Waals surface area (Å²) in [6.45, 7) is 8.20. The molecular weight excluding hydrogens is 531 g/mol. The van der Waals surface area contributed by atoms with Gasteiger partial charge in [-0.25, -0.2) is 4.98 Å².